The van der Waals surface area contributed by atoms with Crippen LogP contribution in [0.15, 0.2) is 40.9 Å². The van der Waals surface area contributed by atoms with Crippen molar-refractivity contribution in [2.75, 3.05) is 26.8 Å². The van der Waals surface area contributed by atoms with Gasteiger partial charge in [-0.25, -0.2) is 0 Å². The van der Waals surface area contributed by atoms with E-state index in [9.17, 15) is 0 Å². The van der Waals surface area contributed by atoms with Crippen molar-refractivity contribution in [2.45, 2.75) is 39.5 Å². The molecule has 0 saturated carbocycles. The van der Waals surface area contributed by atoms with Gasteiger partial charge in [0, 0.05) is 13.2 Å². The van der Waals surface area contributed by atoms with Crippen LogP contribution in [-0.2, 0) is 22.3 Å². The van der Waals surface area contributed by atoms with Crippen molar-refractivity contribution in [1.29, 1.82) is 0 Å². The number of halogens is 1. The van der Waals surface area contributed by atoms with Gasteiger partial charge in [-0.2, -0.15) is 0 Å². The number of para-hydroxylation sites is 2. The Morgan fingerprint density at radius 3 is 1.93 bits per heavy atom. The molecule has 2 radical (unpaired) electrons. The Morgan fingerprint density at radius 2 is 1.32 bits per heavy atom. The number of unbranched alkanes of at least 4 members (excludes halogenated alkanes) is 1. The van der Waals surface area contributed by atoms with Crippen LogP contribution in [0.1, 0.15) is 37.8 Å². The summed E-state index contributed by atoms with van der Waals surface area (Å²) in [5, 5.41) is 0. The van der Waals surface area contributed by atoms with Gasteiger partial charge in [0.25, 0.3) is 0 Å². The van der Waals surface area contributed by atoms with E-state index in [4.69, 9.17) is 26.8 Å². The van der Waals surface area contributed by atoms with Crippen LogP contribution in [-0.4, -0.2) is 34.6 Å². The Morgan fingerprint density at radius 1 is 0.786 bits per heavy atom. The first-order valence-corrected chi connectivity index (χ1v) is 10.5. The summed E-state index contributed by atoms with van der Waals surface area (Å²) in [6.45, 7) is 5.61. The fourth-order valence-corrected chi connectivity index (χ4v) is 3.41. The van der Waals surface area contributed by atoms with Crippen molar-refractivity contribution in [1.82, 2.24) is 0 Å². The van der Waals surface area contributed by atoms with Crippen LogP contribution in [0.3, 0.4) is 0 Å². The molecule has 0 unspecified atom stereocenters. The minimum absolute atomic E-state index is 0.219. The summed E-state index contributed by atoms with van der Waals surface area (Å²) in [6, 6.07) is 12.0. The van der Waals surface area contributed by atoms with E-state index in [1.807, 2.05) is 38.1 Å². The lowest BCUT2D eigenvalue weighted by atomic mass is 9.91. The lowest BCUT2D eigenvalue weighted by molar-refractivity contribution is 0.0213. The summed E-state index contributed by atoms with van der Waals surface area (Å²) in [6.07, 6.45) is 3.88. The summed E-state index contributed by atoms with van der Waals surface area (Å²) in [5.41, 5.74) is 2.94. The second kappa shape index (κ2) is 12.9. The van der Waals surface area contributed by atoms with Crippen molar-refractivity contribution in [2.24, 2.45) is 0 Å². The first kappa shape index (κ1) is 22.8. The molecule has 0 N–H and O–H groups in total. The Bertz CT molecular complexity index is 662. The highest BCUT2D eigenvalue weighted by Gasteiger charge is 2.10. The highest BCUT2D eigenvalue weighted by atomic mass is 79.9. The molecule has 0 saturated heterocycles. The zero-order valence-electron chi connectivity index (χ0n) is 16.7. The molecule has 0 aliphatic rings. The van der Waals surface area contributed by atoms with Crippen LogP contribution in [0.25, 0.3) is 0 Å². The van der Waals surface area contributed by atoms with Gasteiger partial charge in [-0.1, -0.05) is 35.8 Å². The first-order chi connectivity index (χ1) is 13.7. The minimum atomic E-state index is 0.219. The number of rotatable bonds is 13. The number of aryl methyl sites for hydroxylation is 2. The van der Waals surface area contributed by atoms with Gasteiger partial charge >= 0.3 is 0 Å². The van der Waals surface area contributed by atoms with E-state index < -0.39 is 0 Å². The Kier molecular flexibility index (Phi) is 10.5. The predicted molar refractivity (Wildman–Crippen MR) is 117 cm³/mol. The van der Waals surface area contributed by atoms with Crippen molar-refractivity contribution in [3.05, 3.63) is 52.0 Å². The van der Waals surface area contributed by atoms with Crippen LogP contribution in [0.2, 0.25) is 0 Å². The molecule has 2 rings (SSSR count). The molecule has 0 atom stereocenters. The maximum atomic E-state index is 6.08. The van der Waals surface area contributed by atoms with Gasteiger partial charge in [0.1, 0.15) is 19.3 Å². The highest BCUT2D eigenvalue weighted by Crippen LogP contribution is 2.30. The number of benzene rings is 2. The van der Waals surface area contributed by atoms with Crippen LogP contribution >= 0.6 is 15.9 Å². The monoisotopic (exact) mass is 446 g/mol. The molecule has 6 heteroatoms. The molecule has 0 spiro atoms. The molecule has 150 valence electrons. The van der Waals surface area contributed by atoms with Gasteiger partial charge in [0.15, 0.2) is 13.6 Å². The van der Waals surface area contributed by atoms with Crippen LogP contribution < -0.4 is 14.9 Å². The second-order valence-corrected chi connectivity index (χ2v) is 7.13. The fraction of sp³-hybridized carbons (Fsp3) is 0.455. The zero-order valence-corrected chi connectivity index (χ0v) is 18.3. The molecule has 0 aliphatic heterocycles. The lowest BCUT2D eigenvalue weighted by Crippen LogP contribution is -2.14. The zero-order chi connectivity index (χ0) is 20.2. The maximum Gasteiger partial charge on any atom is 0.189 e. The third kappa shape index (κ3) is 7.15. The van der Waals surface area contributed by atoms with Gasteiger partial charge in [-0.3, -0.25) is 0 Å². The average Bonchev–Trinajstić information content (AvgIpc) is 2.69. The van der Waals surface area contributed by atoms with Crippen LogP contribution in [0.5, 0.6) is 11.5 Å². The normalized spacial score (nSPS) is 10.8. The van der Waals surface area contributed by atoms with Gasteiger partial charge in [0.05, 0.1) is 4.47 Å². The van der Waals surface area contributed by atoms with Crippen molar-refractivity contribution in [3.63, 3.8) is 0 Å². The molecule has 4 nitrogen and oxygen atoms in total. The van der Waals surface area contributed by atoms with E-state index in [-0.39, 0.29) is 13.6 Å². The first-order valence-electron chi connectivity index (χ1n) is 9.73. The molecule has 2 aromatic carbocycles. The fourth-order valence-electron chi connectivity index (χ4n) is 2.89. The number of hydrogen-bond acceptors (Lipinski definition) is 4. The van der Waals surface area contributed by atoms with E-state index in [1.54, 1.807) is 0 Å². The van der Waals surface area contributed by atoms with Crippen LogP contribution in [0, 0.1) is 0 Å². The third-order valence-electron chi connectivity index (χ3n) is 4.30. The average molecular weight is 447 g/mol. The molecule has 0 fully saturated rings. The van der Waals surface area contributed by atoms with Crippen LogP contribution in [0.4, 0.5) is 0 Å². The summed E-state index contributed by atoms with van der Waals surface area (Å²) >= 11 is 3.57. The predicted octanol–water partition coefficient (Wildman–Crippen LogP) is 4.55. The second-order valence-electron chi connectivity index (χ2n) is 6.28. The quantitative estimate of drug-likeness (QED) is 0.257. The van der Waals surface area contributed by atoms with E-state index in [0.29, 0.717) is 18.7 Å². The van der Waals surface area contributed by atoms with E-state index in [2.05, 4.69) is 28.1 Å². The van der Waals surface area contributed by atoms with Crippen molar-refractivity contribution >= 4 is 29.2 Å². The van der Waals surface area contributed by atoms with Gasteiger partial charge in [-0.15, -0.1) is 0 Å². The number of ether oxygens (including phenoxy) is 4. The molecule has 0 bridgehead atoms. The summed E-state index contributed by atoms with van der Waals surface area (Å²) in [4.78, 5) is 0. The van der Waals surface area contributed by atoms with E-state index in [0.717, 1.165) is 47.2 Å². The topological polar surface area (TPSA) is 36.9 Å². The Labute approximate surface area is 178 Å². The van der Waals surface area contributed by atoms with E-state index >= 15 is 0 Å². The molecular weight excluding hydrogens is 419 g/mol. The van der Waals surface area contributed by atoms with Crippen molar-refractivity contribution < 1.29 is 18.9 Å². The third-order valence-corrected chi connectivity index (χ3v) is 4.92. The van der Waals surface area contributed by atoms with E-state index in [1.165, 1.54) is 5.56 Å². The summed E-state index contributed by atoms with van der Waals surface area (Å²) < 4.78 is 23.1. The summed E-state index contributed by atoms with van der Waals surface area (Å²) in [7, 11) is 6.08. The van der Waals surface area contributed by atoms with Gasteiger partial charge < -0.3 is 18.9 Å². The maximum absolute atomic E-state index is 6.08. The molecule has 0 aliphatic carbocycles. The SMILES string of the molecule is [B]c1cccc(CCCCc2cccc(Br)c2OCOCC)c1OCOCC. The molecule has 0 amide bonds. The minimum Gasteiger partial charge on any atom is -0.468 e. The Hall–Kier alpha value is -1.50. The molecule has 28 heavy (non-hydrogen) atoms. The highest BCUT2D eigenvalue weighted by molar-refractivity contribution is 9.10. The van der Waals surface area contributed by atoms with Gasteiger partial charge in [0.2, 0.25) is 0 Å². The lowest BCUT2D eigenvalue weighted by Gasteiger charge is -2.15. The molecule has 2 aromatic rings. The molecular formula is C22H28BBrO4. The molecule has 0 aromatic heterocycles. The smallest absolute Gasteiger partial charge is 0.189 e. The standard InChI is InChI=1S/C22H28BBrO4/c1-3-25-15-27-21-17(11-7-13-19(21)23)9-5-6-10-18-12-8-14-20(24)22(18)28-16-26-4-2/h7-8,11-14H,3-6,9-10,15-16H2,1-2H3. The van der Waals surface area contributed by atoms with Gasteiger partial charge in [-0.05, 0) is 72.7 Å². The molecule has 0 heterocycles. The van der Waals surface area contributed by atoms with Crippen molar-refractivity contribution in [3.8, 4) is 11.5 Å². The largest absolute Gasteiger partial charge is 0.468 e. The summed E-state index contributed by atoms with van der Waals surface area (Å²) in [5.74, 6) is 1.60. The number of hydrogen-bond donors (Lipinski definition) is 0. The Balaban J connectivity index is 1.91.